The van der Waals surface area contributed by atoms with Crippen LogP contribution in [0, 0.1) is 0 Å². The predicted octanol–water partition coefficient (Wildman–Crippen LogP) is 2.50. The van der Waals surface area contributed by atoms with Gasteiger partial charge in [-0.3, -0.25) is 0 Å². The van der Waals surface area contributed by atoms with Crippen molar-refractivity contribution in [1.82, 2.24) is 9.97 Å². The van der Waals surface area contributed by atoms with E-state index in [9.17, 15) is 9.90 Å². The van der Waals surface area contributed by atoms with Gasteiger partial charge >= 0.3 is 5.97 Å². The van der Waals surface area contributed by atoms with Crippen LogP contribution in [0.5, 0.6) is 0 Å². The number of nitrogens with zero attached hydrogens (tertiary/aromatic N) is 1. The number of carbonyl (C=O) groups is 1. The summed E-state index contributed by atoms with van der Waals surface area (Å²) in [7, 11) is 0. The van der Waals surface area contributed by atoms with Crippen LogP contribution >= 0.6 is 23.2 Å². The molecule has 1 atom stereocenters. The van der Waals surface area contributed by atoms with Crippen molar-refractivity contribution in [3.63, 3.8) is 0 Å². The summed E-state index contributed by atoms with van der Waals surface area (Å²) in [4.78, 5) is 17.1. The van der Waals surface area contributed by atoms with Gasteiger partial charge in [-0.2, -0.15) is 0 Å². The Labute approximate surface area is 112 Å². The summed E-state index contributed by atoms with van der Waals surface area (Å²) in [6.45, 7) is 0. The largest absolute Gasteiger partial charge is 0.476 e. The van der Waals surface area contributed by atoms with Gasteiger partial charge in [0, 0.05) is 0 Å². The minimum absolute atomic E-state index is 0.0980. The molecule has 0 spiro atoms. The van der Waals surface area contributed by atoms with E-state index in [-0.39, 0.29) is 16.4 Å². The van der Waals surface area contributed by atoms with Crippen molar-refractivity contribution < 1.29 is 15.0 Å². The smallest absolute Gasteiger partial charge is 0.356 e. The van der Waals surface area contributed by atoms with Gasteiger partial charge in [-0.1, -0.05) is 29.3 Å². The van der Waals surface area contributed by atoms with Crippen molar-refractivity contribution >= 4 is 29.2 Å². The minimum Gasteiger partial charge on any atom is -0.476 e. The zero-order chi connectivity index (χ0) is 13.3. The van der Waals surface area contributed by atoms with Crippen molar-refractivity contribution in [2.75, 3.05) is 0 Å². The van der Waals surface area contributed by atoms with Crippen molar-refractivity contribution in [1.29, 1.82) is 0 Å². The second kappa shape index (κ2) is 4.97. The van der Waals surface area contributed by atoms with Gasteiger partial charge in [0.15, 0.2) is 5.69 Å². The Morgan fingerprint density at radius 2 is 2.06 bits per heavy atom. The van der Waals surface area contributed by atoms with Crippen molar-refractivity contribution in [2.45, 2.75) is 6.10 Å². The van der Waals surface area contributed by atoms with Crippen LogP contribution in [0.2, 0.25) is 10.0 Å². The highest BCUT2D eigenvalue weighted by Crippen LogP contribution is 2.29. The molecule has 0 fully saturated rings. The number of aliphatic hydroxyl groups excluding tert-OH is 1. The molecule has 18 heavy (non-hydrogen) atoms. The summed E-state index contributed by atoms with van der Waals surface area (Å²) in [6.07, 6.45) is 0.0489. The molecule has 2 aromatic rings. The maximum atomic E-state index is 10.9. The van der Waals surface area contributed by atoms with Crippen LogP contribution in [0.1, 0.15) is 27.8 Å². The zero-order valence-corrected chi connectivity index (χ0v) is 10.4. The molecule has 0 aliphatic rings. The van der Waals surface area contributed by atoms with Crippen LogP contribution in [-0.4, -0.2) is 26.2 Å². The van der Waals surface area contributed by atoms with Crippen LogP contribution in [0.4, 0.5) is 0 Å². The Kier molecular flexibility index (Phi) is 3.56. The fourth-order valence-corrected chi connectivity index (χ4v) is 1.84. The molecule has 0 bridgehead atoms. The topological polar surface area (TPSA) is 86.2 Å². The molecular weight excluding hydrogens is 279 g/mol. The Hall–Kier alpha value is -1.56. The maximum absolute atomic E-state index is 10.9. The lowest BCUT2D eigenvalue weighted by Gasteiger charge is -2.10. The third kappa shape index (κ3) is 2.33. The third-order valence-corrected chi connectivity index (χ3v) is 3.14. The summed E-state index contributed by atoms with van der Waals surface area (Å²) in [5.74, 6) is -1.22. The van der Waals surface area contributed by atoms with Gasteiger partial charge in [0.1, 0.15) is 6.10 Å². The first kappa shape index (κ1) is 12.9. The van der Waals surface area contributed by atoms with Crippen LogP contribution in [-0.2, 0) is 0 Å². The summed E-state index contributed by atoms with van der Waals surface area (Å²) in [5.41, 5.74) is 0.297. The Bertz CT molecular complexity index is 598. The number of benzene rings is 1. The highest BCUT2D eigenvalue weighted by Gasteiger charge is 2.21. The van der Waals surface area contributed by atoms with Gasteiger partial charge in [-0.05, 0) is 17.7 Å². The molecule has 0 aliphatic heterocycles. The molecule has 0 saturated heterocycles. The molecule has 3 N–H and O–H groups in total. The van der Waals surface area contributed by atoms with Gasteiger partial charge in [-0.25, -0.2) is 9.78 Å². The van der Waals surface area contributed by atoms with Crippen molar-refractivity contribution in [2.24, 2.45) is 0 Å². The number of aromatic carboxylic acids is 1. The lowest BCUT2D eigenvalue weighted by Crippen LogP contribution is -2.08. The zero-order valence-electron chi connectivity index (χ0n) is 8.89. The van der Waals surface area contributed by atoms with Gasteiger partial charge < -0.3 is 15.2 Å². The molecule has 0 radical (unpaired) electrons. The number of aliphatic hydroxyl groups is 1. The quantitative estimate of drug-likeness (QED) is 0.809. The molecule has 5 nitrogen and oxygen atoms in total. The number of halogens is 2. The second-order valence-corrected chi connectivity index (χ2v) is 4.36. The summed E-state index contributed by atoms with van der Waals surface area (Å²) >= 11 is 11.6. The van der Waals surface area contributed by atoms with E-state index < -0.39 is 12.1 Å². The van der Waals surface area contributed by atoms with E-state index in [1.807, 2.05) is 0 Å². The maximum Gasteiger partial charge on any atom is 0.356 e. The average molecular weight is 287 g/mol. The third-order valence-electron chi connectivity index (χ3n) is 2.40. The molecule has 2 rings (SSSR count). The van der Waals surface area contributed by atoms with Crippen LogP contribution < -0.4 is 0 Å². The van der Waals surface area contributed by atoms with E-state index in [2.05, 4.69) is 9.97 Å². The molecule has 1 unspecified atom stereocenters. The van der Waals surface area contributed by atoms with Crippen molar-refractivity contribution in [3.05, 3.63) is 51.5 Å². The van der Waals surface area contributed by atoms with E-state index in [0.717, 1.165) is 0 Å². The number of imidazole rings is 1. The molecule has 1 heterocycles. The lowest BCUT2D eigenvalue weighted by molar-refractivity contribution is 0.0685. The average Bonchev–Trinajstić information content (AvgIpc) is 2.81. The van der Waals surface area contributed by atoms with Crippen molar-refractivity contribution in [3.8, 4) is 0 Å². The molecule has 1 aromatic heterocycles. The van der Waals surface area contributed by atoms with Crippen LogP contribution in [0.25, 0.3) is 0 Å². The van der Waals surface area contributed by atoms with E-state index in [1.165, 1.54) is 18.5 Å². The number of aromatic nitrogens is 2. The first-order chi connectivity index (χ1) is 8.50. The number of rotatable bonds is 3. The first-order valence-electron chi connectivity index (χ1n) is 4.90. The standard InChI is InChI=1S/C11H8Cl2N2O3/c12-6-2-1-5(3-7(6)13)10(16)8-9(11(17)18)15-4-14-8/h1-4,10,16H,(H,14,15)(H,17,18). The molecule has 0 amide bonds. The summed E-state index contributed by atoms with van der Waals surface area (Å²) in [6, 6.07) is 4.56. The van der Waals surface area contributed by atoms with E-state index in [4.69, 9.17) is 28.3 Å². The number of carboxylic acid groups (broad SMARTS) is 1. The number of hydrogen-bond acceptors (Lipinski definition) is 3. The second-order valence-electron chi connectivity index (χ2n) is 3.55. The molecule has 1 aromatic carbocycles. The SMILES string of the molecule is O=C(O)c1nc[nH]c1C(O)c1ccc(Cl)c(Cl)c1. The van der Waals surface area contributed by atoms with E-state index >= 15 is 0 Å². The Morgan fingerprint density at radius 3 is 2.67 bits per heavy atom. The lowest BCUT2D eigenvalue weighted by atomic mass is 10.1. The van der Waals surface area contributed by atoms with E-state index in [0.29, 0.717) is 10.6 Å². The van der Waals surface area contributed by atoms with Crippen LogP contribution in [0.15, 0.2) is 24.5 Å². The number of carboxylic acids is 1. The number of aromatic amines is 1. The summed E-state index contributed by atoms with van der Waals surface area (Å²) in [5, 5.41) is 19.6. The first-order valence-corrected chi connectivity index (χ1v) is 5.66. The fraction of sp³-hybridized carbons (Fsp3) is 0.0909. The van der Waals surface area contributed by atoms with Gasteiger partial charge in [0.2, 0.25) is 0 Å². The van der Waals surface area contributed by atoms with Gasteiger partial charge in [0.05, 0.1) is 22.1 Å². The normalized spacial score (nSPS) is 12.4. The molecule has 94 valence electrons. The van der Waals surface area contributed by atoms with Crippen LogP contribution in [0.3, 0.4) is 0 Å². The Balaban J connectivity index is 2.41. The van der Waals surface area contributed by atoms with Gasteiger partial charge in [-0.15, -0.1) is 0 Å². The molecular formula is C11H8Cl2N2O3. The highest BCUT2D eigenvalue weighted by molar-refractivity contribution is 6.42. The Morgan fingerprint density at radius 1 is 1.33 bits per heavy atom. The number of H-pyrrole nitrogens is 1. The number of hydrogen-bond donors (Lipinski definition) is 3. The minimum atomic E-state index is -1.22. The molecule has 0 aliphatic carbocycles. The highest BCUT2D eigenvalue weighted by atomic mass is 35.5. The molecule has 7 heteroatoms. The summed E-state index contributed by atoms with van der Waals surface area (Å²) < 4.78 is 0. The fourth-order valence-electron chi connectivity index (χ4n) is 1.53. The number of nitrogens with one attached hydrogen (secondary N) is 1. The monoisotopic (exact) mass is 286 g/mol. The van der Waals surface area contributed by atoms with E-state index in [1.54, 1.807) is 6.07 Å². The molecule has 0 saturated carbocycles. The van der Waals surface area contributed by atoms with Gasteiger partial charge in [0.25, 0.3) is 0 Å². The predicted molar refractivity (Wildman–Crippen MR) is 66.1 cm³/mol.